The summed E-state index contributed by atoms with van der Waals surface area (Å²) in [7, 11) is 0. The van der Waals surface area contributed by atoms with Crippen LogP contribution in [0.2, 0.25) is 0 Å². The molecule has 2 fully saturated rings. The van der Waals surface area contributed by atoms with Crippen molar-refractivity contribution in [1.29, 1.82) is 0 Å². The van der Waals surface area contributed by atoms with E-state index < -0.39 is 0 Å². The summed E-state index contributed by atoms with van der Waals surface area (Å²) in [4.78, 5) is 0. The summed E-state index contributed by atoms with van der Waals surface area (Å²) in [6.45, 7) is 0. The number of benzene rings is 1. The van der Waals surface area contributed by atoms with Crippen LogP contribution in [0, 0.1) is 5.92 Å². The Morgan fingerprint density at radius 1 is 1.14 bits per heavy atom. The first-order chi connectivity index (χ1) is 6.92. The SMILES string of the molecule is c1ccc2c(c1)C[C@H]1C[C@@H]2C[C@@H]2O[C@@H]12. The third-order valence-corrected chi connectivity index (χ3v) is 4.17. The van der Waals surface area contributed by atoms with E-state index in [1.807, 2.05) is 0 Å². The molecule has 0 N–H and O–H groups in total. The minimum absolute atomic E-state index is 0.618. The van der Waals surface area contributed by atoms with Crippen LogP contribution in [0.1, 0.15) is 29.9 Å². The minimum Gasteiger partial charge on any atom is -0.369 e. The first-order valence-corrected chi connectivity index (χ1v) is 5.65. The van der Waals surface area contributed by atoms with Crippen molar-refractivity contribution in [3.05, 3.63) is 35.4 Å². The zero-order chi connectivity index (χ0) is 9.12. The van der Waals surface area contributed by atoms with Gasteiger partial charge < -0.3 is 4.74 Å². The summed E-state index contributed by atoms with van der Waals surface area (Å²) in [6.07, 6.45) is 5.15. The van der Waals surface area contributed by atoms with Gasteiger partial charge in [0.2, 0.25) is 0 Å². The molecular weight excluding hydrogens is 172 g/mol. The van der Waals surface area contributed by atoms with Crippen LogP contribution in [-0.4, -0.2) is 12.2 Å². The Bertz CT molecular complexity index is 385. The molecule has 1 nitrogen and oxygen atoms in total. The van der Waals surface area contributed by atoms with E-state index in [2.05, 4.69) is 24.3 Å². The van der Waals surface area contributed by atoms with E-state index in [-0.39, 0.29) is 0 Å². The van der Waals surface area contributed by atoms with Gasteiger partial charge in [0, 0.05) is 0 Å². The molecule has 14 heavy (non-hydrogen) atoms. The molecule has 2 bridgehead atoms. The number of epoxide rings is 1. The highest BCUT2D eigenvalue weighted by Gasteiger charge is 2.52. The molecule has 1 saturated carbocycles. The molecule has 0 radical (unpaired) electrons. The van der Waals surface area contributed by atoms with Crippen LogP contribution < -0.4 is 0 Å². The van der Waals surface area contributed by atoms with E-state index in [9.17, 15) is 0 Å². The fourth-order valence-corrected chi connectivity index (χ4v) is 3.49. The summed E-state index contributed by atoms with van der Waals surface area (Å²) in [5.74, 6) is 1.63. The van der Waals surface area contributed by atoms with E-state index in [1.54, 1.807) is 11.1 Å². The van der Waals surface area contributed by atoms with Gasteiger partial charge in [-0.15, -0.1) is 0 Å². The maximum atomic E-state index is 5.72. The number of hydrogen-bond donors (Lipinski definition) is 0. The Kier molecular flexibility index (Phi) is 1.28. The fourth-order valence-electron chi connectivity index (χ4n) is 3.49. The van der Waals surface area contributed by atoms with E-state index in [0.717, 1.165) is 11.8 Å². The highest BCUT2D eigenvalue weighted by Crippen LogP contribution is 2.51. The van der Waals surface area contributed by atoms with Gasteiger partial charge in [0.1, 0.15) is 0 Å². The summed E-state index contributed by atoms with van der Waals surface area (Å²) < 4.78 is 5.72. The second-order valence-corrected chi connectivity index (χ2v) is 4.97. The van der Waals surface area contributed by atoms with Crippen LogP contribution in [0.25, 0.3) is 0 Å². The van der Waals surface area contributed by atoms with Crippen LogP contribution in [-0.2, 0) is 11.2 Å². The van der Waals surface area contributed by atoms with E-state index in [0.29, 0.717) is 12.2 Å². The average Bonchev–Trinajstić information content (AvgIpc) is 2.98. The van der Waals surface area contributed by atoms with Gasteiger partial charge in [-0.2, -0.15) is 0 Å². The predicted octanol–water partition coefficient (Wildman–Crippen LogP) is 2.50. The van der Waals surface area contributed by atoms with Gasteiger partial charge in [-0.1, -0.05) is 24.3 Å². The van der Waals surface area contributed by atoms with Crippen molar-refractivity contribution in [2.45, 2.75) is 37.4 Å². The molecule has 72 valence electrons. The summed E-state index contributed by atoms with van der Waals surface area (Å²) in [6, 6.07) is 8.97. The van der Waals surface area contributed by atoms with Gasteiger partial charge in [0.15, 0.2) is 0 Å². The Morgan fingerprint density at radius 3 is 3.07 bits per heavy atom. The molecule has 4 atom stereocenters. The predicted molar refractivity (Wildman–Crippen MR) is 54.3 cm³/mol. The molecule has 1 heterocycles. The molecule has 0 spiro atoms. The van der Waals surface area contributed by atoms with E-state index in [1.165, 1.54) is 19.3 Å². The van der Waals surface area contributed by atoms with Gasteiger partial charge in [0.25, 0.3) is 0 Å². The van der Waals surface area contributed by atoms with Gasteiger partial charge in [-0.05, 0) is 42.2 Å². The standard InChI is InChI=1S/C13H14O/c1-2-4-11-8(3-1)5-10-6-9(11)7-12-13(10)14-12/h1-4,9-10,12-13H,5-7H2/t9-,10+,12+,13+/m1/s1. The lowest BCUT2D eigenvalue weighted by molar-refractivity contribution is 0.303. The Balaban J connectivity index is 1.83. The van der Waals surface area contributed by atoms with Crippen LogP contribution in [0.15, 0.2) is 24.3 Å². The third-order valence-electron chi connectivity index (χ3n) is 4.17. The zero-order valence-electron chi connectivity index (χ0n) is 8.15. The van der Waals surface area contributed by atoms with Crippen molar-refractivity contribution >= 4 is 0 Å². The zero-order valence-corrected chi connectivity index (χ0v) is 8.15. The molecule has 3 aliphatic rings. The molecule has 1 aliphatic heterocycles. The molecule has 0 aromatic heterocycles. The molecule has 2 aliphatic carbocycles. The molecule has 1 saturated heterocycles. The molecule has 1 aromatic rings. The highest BCUT2D eigenvalue weighted by atomic mass is 16.6. The van der Waals surface area contributed by atoms with Gasteiger partial charge in [-0.25, -0.2) is 0 Å². The van der Waals surface area contributed by atoms with E-state index in [4.69, 9.17) is 4.74 Å². The monoisotopic (exact) mass is 186 g/mol. The van der Waals surface area contributed by atoms with Crippen molar-refractivity contribution in [2.24, 2.45) is 5.92 Å². The van der Waals surface area contributed by atoms with Crippen molar-refractivity contribution in [2.75, 3.05) is 0 Å². The third kappa shape index (κ3) is 0.885. The number of hydrogen-bond acceptors (Lipinski definition) is 1. The Morgan fingerprint density at radius 2 is 2.07 bits per heavy atom. The lowest BCUT2D eigenvalue weighted by atomic mass is 9.69. The fraction of sp³-hybridized carbons (Fsp3) is 0.538. The Hall–Kier alpha value is -0.820. The number of rotatable bonds is 0. The molecule has 1 aromatic carbocycles. The summed E-state index contributed by atoms with van der Waals surface area (Å²) >= 11 is 0. The second-order valence-electron chi connectivity index (χ2n) is 4.97. The van der Waals surface area contributed by atoms with Crippen LogP contribution >= 0.6 is 0 Å². The van der Waals surface area contributed by atoms with Crippen molar-refractivity contribution < 1.29 is 4.74 Å². The van der Waals surface area contributed by atoms with Crippen LogP contribution in [0.3, 0.4) is 0 Å². The van der Waals surface area contributed by atoms with Crippen LogP contribution in [0.4, 0.5) is 0 Å². The minimum atomic E-state index is 0.618. The topological polar surface area (TPSA) is 12.5 Å². The first kappa shape index (κ1) is 7.47. The highest BCUT2D eigenvalue weighted by molar-refractivity contribution is 5.35. The normalized spacial score (nSPS) is 42.6. The lowest BCUT2D eigenvalue weighted by Gasteiger charge is -2.33. The Labute approximate surface area is 84.1 Å². The second kappa shape index (κ2) is 2.40. The van der Waals surface area contributed by atoms with Gasteiger partial charge in [0.05, 0.1) is 12.2 Å². The largest absolute Gasteiger partial charge is 0.369 e. The van der Waals surface area contributed by atoms with Crippen molar-refractivity contribution in [1.82, 2.24) is 0 Å². The molecular formula is C13H14O. The quantitative estimate of drug-likeness (QED) is 0.567. The van der Waals surface area contributed by atoms with Crippen molar-refractivity contribution in [3.8, 4) is 0 Å². The molecule has 0 amide bonds. The summed E-state index contributed by atoms with van der Waals surface area (Å²) in [5.41, 5.74) is 3.19. The van der Waals surface area contributed by atoms with Gasteiger partial charge in [-0.3, -0.25) is 0 Å². The average molecular weight is 186 g/mol. The van der Waals surface area contributed by atoms with Crippen molar-refractivity contribution in [3.63, 3.8) is 0 Å². The maximum absolute atomic E-state index is 5.72. The lowest BCUT2D eigenvalue weighted by Crippen LogP contribution is -2.28. The number of fused-ring (bicyclic) bond motifs is 6. The van der Waals surface area contributed by atoms with E-state index >= 15 is 0 Å². The molecule has 4 rings (SSSR count). The first-order valence-electron chi connectivity index (χ1n) is 5.65. The molecule has 1 heteroatoms. The van der Waals surface area contributed by atoms with Gasteiger partial charge >= 0.3 is 0 Å². The summed E-state index contributed by atoms with van der Waals surface area (Å²) in [5, 5.41) is 0. The molecule has 0 unspecified atom stereocenters. The smallest absolute Gasteiger partial charge is 0.0873 e. The maximum Gasteiger partial charge on any atom is 0.0873 e. The van der Waals surface area contributed by atoms with Crippen LogP contribution in [0.5, 0.6) is 0 Å². The number of ether oxygens (including phenoxy) is 1.